The Labute approximate surface area is 166 Å². The molecule has 0 aromatic carbocycles. The van der Waals surface area contributed by atoms with E-state index in [2.05, 4.69) is 0 Å². The highest BCUT2D eigenvalue weighted by molar-refractivity contribution is 6.06. The second-order valence-electron chi connectivity index (χ2n) is 6.45. The topological polar surface area (TPSA) is 87.1 Å². The number of Topliss-reactive ketones (excluding diaryl/α,β-unsaturated/α-hetero) is 1. The molecule has 1 atom stereocenters. The van der Waals surface area contributed by atoms with E-state index < -0.39 is 12.0 Å². The van der Waals surface area contributed by atoms with Gasteiger partial charge in [-0.25, -0.2) is 4.79 Å². The van der Waals surface area contributed by atoms with Gasteiger partial charge in [-0.05, 0) is 40.2 Å². The first-order chi connectivity index (χ1) is 13.3. The number of ether oxygens (including phenoxy) is 3. The first kappa shape index (κ1) is 23.8. The number of rotatable bonds is 11. The number of aromatic nitrogens is 1. The van der Waals surface area contributed by atoms with Crippen LogP contribution in [0.5, 0.6) is 0 Å². The van der Waals surface area contributed by atoms with E-state index in [1.54, 1.807) is 32.3 Å². The molecule has 1 aromatic rings. The molecular formula is C20H32N2O6. The molecule has 0 bridgehead atoms. The zero-order chi connectivity index (χ0) is 21.4. The minimum Gasteiger partial charge on any atom is -0.461 e. The van der Waals surface area contributed by atoms with Crippen LogP contribution >= 0.6 is 0 Å². The number of carbonyl (C=O) groups excluding carboxylic acids is 3. The fourth-order valence-electron chi connectivity index (χ4n) is 3.40. The highest BCUT2D eigenvalue weighted by Crippen LogP contribution is 2.25. The van der Waals surface area contributed by atoms with Crippen LogP contribution in [0.4, 0.5) is 0 Å². The molecule has 0 fully saturated rings. The van der Waals surface area contributed by atoms with Gasteiger partial charge >= 0.3 is 5.97 Å². The molecule has 1 rings (SSSR count). The zero-order valence-corrected chi connectivity index (χ0v) is 18.0. The van der Waals surface area contributed by atoms with Gasteiger partial charge in [-0.3, -0.25) is 9.59 Å². The van der Waals surface area contributed by atoms with E-state index in [0.717, 1.165) is 0 Å². The molecule has 0 saturated carbocycles. The predicted molar refractivity (Wildman–Crippen MR) is 105 cm³/mol. The van der Waals surface area contributed by atoms with Crippen molar-refractivity contribution in [2.24, 2.45) is 0 Å². The molecule has 0 aliphatic carbocycles. The van der Waals surface area contributed by atoms with Crippen LogP contribution in [-0.2, 0) is 25.5 Å². The van der Waals surface area contributed by atoms with Gasteiger partial charge in [0, 0.05) is 38.6 Å². The molecule has 0 spiro atoms. The number of ketones is 1. The quantitative estimate of drug-likeness (QED) is 0.420. The van der Waals surface area contributed by atoms with Crippen molar-refractivity contribution in [3.05, 3.63) is 22.5 Å². The normalized spacial score (nSPS) is 12.0. The summed E-state index contributed by atoms with van der Waals surface area (Å²) in [6, 6.07) is -0.724. The van der Waals surface area contributed by atoms with Crippen LogP contribution in [0, 0.1) is 13.8 Å². The molecule has 0 aliphatic rings. The van der Waals surface area contributed by atoms with Gasteiger partial charge in [0.2, 0.25) is 5.91 Å². The molecule has 0 radical (unpaired) electrons. The summed E-state index contributed by atoms with van der Waals surface area (Å²) in [6.07, 6.45) is 0. The molecule has 1 aromatic heterocycles. The SMILES string of the molecule is CCOC(=O)c1c(C)c(C(=O)C(C)N(CCOC)C(=O)COC)c(C)n1CC. The number of carbonyl (C=O) groups is 3. The molecule has 8 heteroatoms. The lowest BCUT2D eigenvalue weighted by atomic mass is 10.00. The molecule has 1 heterocycles. The second-order valence-corrected chi connectivity index (χ2v) is 6.45. The number of amides is 1. The van der Waals surface area contributed by atoms with Crippen LogP contribution in [0.25, 0.3) is 0 Å². The molecule has 158 valence electrons. The van der Waals surface area contributed by atoms with E-state index in [0.29, 0.717) is 35.7 Å². The maximum atomic E-state index is 13.3. The monoisotopic (exact) mass is 396 g/mol. The molecule has 8 nitrogen and oxygen atoms in total. The van der Waals surface area contributed by atoms with Gasteiger partial charge in [0.05, 0.1) is 19.3 Å². The average molecular weight is 396 g/mol. The smallest absolute Gasteiger partial charge is 0.355 e. The van der Waals surface area contributed by atoms with Crippen molar-refractivity contribution < 1.29 is 28.6 Å². The predicted octanol–water partition coefficient (Wildman–Crippen LogP) is 1.99. The van der Waals surface area contributed by atoms with Gasteiger partial charge in [0.25, 0.3) is 0 Å². The first-order valence-electron chi connectivity index (χ1n) is 9.44. The van der Waals surface area contributed by atoms with E-state index >= 15 is 0 Å². The van der Waals surface area contributed by atoms with Crippen LogP contribution in [0.1, 0.15) is 52.9 Å². The van der Waals surface area contributed by atoms with E-state index in [4.69, 9.17) is 14.2 Å². The van der Waals surface area contributed by atoms with Crippen LogP contribution < -0.4 is 0 Å². The van der Waals surface area contributed by atoms with Crippen LogP contribution in [0.2, 0.25) is 0 Å². The first-order valence-corrected chi connectivity index (χ1v) is 9.44. The van der Waals surface area contributed by atoms with Crippen molar-refractivity contribution in [1.82, 2.24) is 9.47 Å². The third-order valence-electron chi connectivity index (χ3n) is 4.77. The molecule has 0 N–H and O–H groups in total. The van der Waals surface area contributed by atoms with E-state index in [-0.39, 0.29) is 31.4 Å². The Kier molecular flexibility index (Phi) is 9.34. The van der Waals surface area contributed by atoms with Crippen molar-refractivity contribution in [3.8, 4) is 0 Å². The summed E-state index contributed by atoms with van der Waals surface area (Å²) < 4.78 is 17.0. The summed E-state index contributed by atoms with van der Waals surface area (Å²) >= 11 is 0. The molecular weight excluding hydrogens is 364 g/mol. The highest BCUT2D eigenvalue weighted by atomic mass is 16.5. The lowest BCUT2D eigenvalue weighted by Gasteiger charge is -2.28. The largest absolute Gasteiger partial charge is 0.461 e. The zero-order valence-electron chi connectivity index (χ0n) is 18.0. The van der Waals surface area contributed by atoms with Gasteiger partial charge in [-0.15, -0.1) is 0 Å². The van der Waals surface area contributed by atoms with Gasteiger partial charge < -0.3 is 23.7 Å². The standard InChI is InChI=1S/C20H32N2O6/c1-8-21-14(4)17(13(3)18(21)20(25)28-9-2)19(24)15(5)22(10-11-26-6)16(23)12-27-7/h15H,8-12H2,1-7H3. The summed E-state index contributed by atoms with van der Waals surface area (Å²) in [6.45, 7) is 10.1. The molecule has 28 heavy (non-hydrogen) atoms. The highest BCUT2D eigenvalue weighted by Gasteiger charge is 2.32. The Balaban J connectivity index is 3.35. The minimum absolute atomic E-state index is 0.122. The fourth-order valence-corrected chi connectivity index (χ4v) is 3.40. The van der Waals surface area contributed by atoms with Crippen LogP contribution in [0.15, 0.2) is 0 Å². The van der Waals surface area contributed by atoms with Gasteiger partial charge in [-0.2, -0.15) is 0 Å². The van der Waals surface area contributed by atoms with E-state index in [9.17, 15) is 14.4 Å². The number of hydrogen-bond acceptors (Lipinski definition) is 6. The van der Waals surface area contributed by atoms with Crippen molar-refractivity contribution in [2.45, 2.75) is 47.2 Å². The number of esters is 1. The van der Waals surface area contributed by atoms with Gasteiger partial charge in [-0.1, -0.05) is 0 Å². The Hall–Kier alpha value is -2.19. The maximum absolute atomic E-state index is 13.3. The van der Waals surface area contributed by atoms with Crippen LogP contribution in [-0.4, -0.2) is 73.8 Å². The molecule has 0 aliphatic heterocycles. The summed E-state index contributed by atoms with van der Waals surface area (Å²) in [5.41, 5.74) is 2.08. The minimum atomic E-state index is -0.724. The number of hydrogen-bond donors (Lipinski definition) is 0. The van der Waals surface area contributed by atoms with Crippen molar-refractivity contribution in [3.63, 3.8) is 0 Å². The van der Waals surface area contributed by atoms with Gasteiger partial charge in [0.1, 0.15) is 12.3 Å². The number of nitrogens with zero attached hydrogens (tertiary/aromatic N) is 2. The summed E-state index contributed by atoms with van der Waals surface area (Å²) in [5.74, 6) is -0.979. The van der Waals surface area contributed by atoms with E-state index in [1.165, 1.54) is 19.1 Å². The third kappa shape index (κ3) is 4.99. The van der Waals surface area contributed by atoms with Crippen molar-refractivity contribution >= 4 is 17.7 Å². The summed E-state index contributed by atoms with van der Waals surface area (Å²) in [4.78, 5) is 39.6. The van der Waals surface area contributed by atoms with Crippen LogP contribution in [0.3, 0.4) is 0 Å². The third-order valence-corrected chi connectivity index (χ3v) is 4.77. The Morgan fingerprint density at radius 3 is 2.25 bits per heavy atom. The Morgan fingerprint density at radius 2 is 1.75 bits per heavy atom. The van der Waals surface area contributed by atoms with Gasteiger partial charge in [0.15, 0.2) is 5.78 Å². The fraction of sp³-hybridized carbons (Fsp3) is 0.650. The maximum Gasteiger partial charge on any atom is 0.355 e. The number of methoxy groups -OCH3 is 2. The Morgan fingerprint density at radius 1 is 1.11 bits per heavy atom. The lowest BCUT2D eigenvalue weighted by molar-refractivity contribution is -0.137. The Bertz CT molecular complexity index is 710. The van der Waals surface area contributed by atoms with E-state index in [1.807, 2.05) is 6.92 Å². The molecule has 0 saturated heterocycles. The summed E-state index contributed by atoms with van der Waals surface area (Å²) in [5, 5.41) is 0. The molecule has 1 unspecified atom stereocenters. The average Bonchev–Trinajstić information content (AvgIpc) is 2.91. The van der Waals surface area contributed by atoms with Crippen molar-refractivity contribution in [2.75, 3.05) is 40.6 Å². The second kappa shape index (κ2) is 11.0. The van der Waals surface area contributed by atoms with Crippen molar-refractivity contribution in [1.29, 1.82) is 0 Å². The molecule has 1 amide bonds. The lowest BCUT2D eigenvalue weighted by Crippen LogP contribution is -2.46. The summed E-state index contributed by atoms with van der Waals surface area (Å²) in [7, 11) is 2.97.